The van der Waals surface area contributed by atoms with E-state index in [0.717, 1.165) is 67.0 Å². The number of carbonyl (C=O) groups is 1. The van der Waals surface area contributed by atoms with E-state index in [9.17, 15) is 14.3 Å². The Bertz CT molecular complexity index is 1520. The van der Waals surface area contributed by atoms with Crippen LogP contribution in [0.3, 0.4) is 0 Å². The first-order chi connectivity index (χ1) is 19.9. The highest BCUT2D eigenvalue weighted by molar-refractivity contribution is 5.91. The maximum atomic E-state index is 13.6. The Morgan fingerprint density at radius 3 is 2.44 bits per heavy atom. The van der Waals surface area contributed by atoms with E-state index < -0.39 is 5.97 Å². The lowest BCUT2D eigenvalue weighted by Gasteiger charge is -2.25. The average molecular weight is 559 g/mol. The maximum absolute atomic E-state index is 13.6. The van der Waals surface area contributed by atoms with Gasteiger partial charge in [0.05, 0.1) is 24.3 Å². The van der Waals surface area contributed by atoms with Crippen LogP contribution in [0.1, 0.15) is 54.9 Å². The van der Waals surface area contributed by atoms with Gasteiger partial charge in [-0.05, 0) is 105 Å². The number of benzene rings is 3. The summed E-state index contributed by atoms with van der Waals surface area (Å²) in [5, 5.41) is 9.28. The Labute approximate surface area is 238 Å². The first kappa shape index (κ1) is 27.3. The second-order valence-corrected chi connectivity index (χ2v) is 11.0. The zero-order chi connectivity index (χ0) is 28.5. The molecule has 4 aromatic rings. The molecule has 2 heterocycles. The molecule has 41 heavy (non-hydrogen) atoms. The number of hydrogen-bond donors (Lipinski definition) is 1. The van der Waals surface area contributed by atoms with Crippen LogP contribution in [0.15, 0.2) is 59.0 Å². The minimum absolute atomic E-state index is 0.207. The van der Waals surface area contributed by atoms with Gasteiger partial charge < -0.3 is 19.0 Å². The van der Waals surface area contributed by atoms with E-state index in [1.165, 1.54) is 12.1 Å². The van der Waals surface area contributed by atoms with Crippen LogP contribution in [0.5, 0.6) is 11.5 Å². The SMILES string of the molecule is CCOc1cc(CN2CC[C@H]3C(Cc4nc5ccc(C(=O)O)cc5o4)CC[C@H]32)cc(OCC)c1-c1ccc(F)cc1. The molecule has 1 unspecified atom stereocenters. The summed E-state index contributed by atoms with van der Waals surface area (Å²) in [6.07, 6.45) is 4.14. The molecular formula is C33H35FN2O5. The quantitative estimate of drug-likeness (QED) is 0.225. The molecule has 2 fully saturated rings. The Kier molecular flexibility index (Phi) is 7.67. The van der Waals surface area contributed by atoms with Crippen molar-refractivity contribution in [3.63, 3.8) is 0 Å². The lowest BCUT2D eigenvalue weighted by Crippen LogP contribution is -2.30. The second kappa shape index (κ2) is 11.5. The molecule has 1 saturated heterocycles. The van der Waals surface area contributed by atoms with Crippen molar-refractivity contribution in [2.45, 2.75) is 52.1 Å². The van der Waals surface area contributed by atoms with Crippen molar-refractivity contribution in [1.29, 1.82) is 0 Å². The lowest BCUT2D eigenvalue weighted by molar-refractivity contribution is 0.0697. The van der Waals surface area contributed by atoms with Crippen LogP contribution in [-0.4, -0.2) is 46.8 Å². The van der Waals surface area contributed by atoms with Gasteiger partial charge >= 0.3 is 5.97 Å². The van der Waals surface area contributed by atoms with Gasteiger partial charge in [-0.2, -0.15) is 0 Å². The number of likely N-dealkylation sites (tertiary alicyclic amines) is 1. The van der Waals surface area contributed by atoms with Gasteiger partial charge in [-0.1, -0.05) is 12.1 Å². The number of ether oxygens (including phenoxy) is 2. The highest BCUT2D eigenvalue weighted by atomic mass is 19.1. The summed E-state index contributed by atoms with van der Waals surface area (Å²) in [4.78, 5) is 18.5. The third kappa shape index (κ3) is 5.53. The number of aromatic carboxylic acids is 1. The van der Waals surface area contributed by atoms with Crippen LogP contribution in [0, 0.1) is 17.7 Å². The number of nitrogens with zero attached hydrogens (tertiary/aromatic N) is 2. The first-order valence-electron chi connectivity index (χ1n) is 14.5. The molecule has 3 aromatic carbocycles. The molecule has 6 rings (SSSR count). The van der Waals surface area contributed by atoms with Gasteiger partial charge in [0.1, 0.15) is 22.8 Å². The number of aromatic nitrogens is 1. The monoisotopic (exact) mass is 558 g/mol. The number of hydrogen-bond acceptors (Lipinski definition) is 6. The topological polar surface area (TPSA) is 85.0 Å². The highest BCUT2D eigenvalue weighted by Gasteiger charge is 2.44. The predicted molar refractivity (Wildman–Crippen MR) is 154 cm³/mol. The molecule has 0 bridgehead atoms. The minimum atomic E-state index is -0.971. The fourth-order valence-electron chi connectivity index (χ4n) is 6.77. The molecule has 7 nitrogen and oxygen atoms in total. The Balaban J connectivity index is 1.19. The predicted octanol–water partition coefficient (Wildman–Crippen LogP) is 6.97. The normalized spacial score (nSPS) is 20.4. The van der Waals surface area contributed by atoms with Gasteiger partial charge in [-0.25, -0.2) is 14.2 Å². The number of fused-ring (bicyclic) bond motifs is 2. The van der Waals surface area contributed by atoms with Gasteiger partial charge in [0.2, 0.25) is 0 Å². The number of rotatable bonds is 10. The highest BCUT2D eigenvalue weighted by Crippen LogP contribution is 2.45. The van der Waals surface area contributed by atoms with E-state index in [4.69, 9.17) is 13.9 Å². The van der Waals surface area contributed by atoms with E-state index >= 15 is 0 Å². The van der Waals surface area contributed by atoms with Crippen LogP contribution >= 0.6 is 0 Å². The summed E-state index contributed by atoms with van der Waals surface area (Å²) in [6.45, 7) is 6.80. The molecule has 0 spiro atoms. The summed E-state index contributed by atoms with van der Waals surface area (Å²) in [5.74, 6) is 1.99. The largest absolute Gasteiger partial charge is 0.493 e. The van der Waals surface area contributed by atoms with E-state index in [2.05, 4.69) is 22.0 Å². The fourth-order valence-corrected chi connectivity index (χ4v) is 6.77. The smallest absolute Gasteiger partial charge is 0.335 e. The van der Waals surface area contributed by atoms with Gasteiger partial charge in [0.15, 0.2) is 11.5 Å². The molecule has 1 N–H and O–H groups in total. The van der Waals surface area contributed by atoms with Gasteiger partial charge in [0.25, 0.3) is 0 Å². The van der Waals surface area contributed by atoms with Crippen molar-refractivity contribution in [2.24, 2.45) is 11.8 Å². The van der Waals surface area contributed by atoms with Crippen LogP contribution in [-0.2, 0) is 13.0 Å². The third-order valence-corrected chi connectivity index (χ3v) is 8.51. The van der Waals surface area contributed by atoms with E-state index in [0.29, 0.717) is 48.1 Å². The van der Waals surface area contributed by atoms with Crippen molar-refractivity contribution in [3.05, 3.63) is 77.4 Å². The van der Waals surface area contributed by atoms with Crippen LogP contribution in [0.2, 0.25) is 0 Å². The van der Waals surface area contributed by atoms with Crippen LogP contribution in [0.25, 0.3) is 22.2 Å². The minimum Gasteiger partial charge on any atom is -0.493 e. The fraction of sp³-hybridized carbons (Fsp3) is 0.394. The van der Waals surface area contributed by atoms with Gasteiger partial charge in [-0.15, -0.1) is 0 Å². The lowest BCUT2D eigenvalue weighted by atomic mass is 9.90. The van der Waals surface area contributed by atoms with E-state index in [-0.39, 0.29) is 11.4 Å². The molecule has 8 heteroatoms. The Morgan fingerprint density at radius 2 is 1.76 bits per heavy atom. The second-order valence-electron chi connectivity index (χ2n) is 11.0. The molecule has 1 aromatic heterocycles. The van der Waals surface area contributed by atoms with E-state index in [1.807, 2.05) is 13.8 Å². The maximum Gasteiger partial charge on any atom is 0.335 e. The van der Waals surface area contributed by atoms with Crippen LogP contribution < -0.4 is 9.47 Å². The van der Waals surface area contributed by atoms with Crippen LogP contribution in [0.4, 0.5) is 4.39 Å². The van der Waals surface area contributed by atoms with Gasteiger partial charge in [0, 0.05) is 19.0 Å². The summed E-state index contributed by atoms with van der Waals surface area (Å²) in [6, 6.07) is 16.0. The first-order valence-corrected chi connectivity index (χ1v) is 14.5. The average Bonchev–Trinajstić information content (AvgIpc) is 3.66. The van der Waals surface area contributed by atoms with Crippen molar-refractivity contribution < 1.29 is 28.2 Å². The number of carboxylic acid groups (broad SMARTS) is 1. The molecule has 0 radical (unpaired) electrons. The standard InChI is InChI=1S/C33H35FN2O5/c1-3-39-29-15-20(16-30(40-4-2)32(29)21-5-9-24(34)10-6-21)19-36-14-13-25-22(8-12-27(25)36)18-31-35-26-11-7-23(33(37)38)17-28(26)41-31/h5-7,9-11,15-17,22,25,27H,3-4,8,12-14,18-19H2,1-2H3,(H,37,38)/t22?,25-,27+/m0/s1. The molecule has 3 atom stereocenters. The summed E-state index contributed by atoms with van der Waals surface area (Å²) < 4.78 is 31.8. The molecule has 1 aliphatic carbocycles. The third-order valence-electron chi connectivity index (χ3n) is 8.51. The molecular weight excluding hydrogens is 523 g/mol. The van der Waals surface area contributed by atoms with Gasteiger partial charge in [-0.3, -0.25) is 4.90 Å². The number of carboxylic acids is 1. The van der Waals surface area contributed by atoms with Crippen molar-refractivity contribution >= 4 is 17.1 Å². The number of halogens is 1. The Morgan fingerprint density at radius 1 is 1.02 bits per heavy atom. The zero-order valence-corrected chi connectivity index (χ0v) is 23.4. The van der Waals surface area contributed by atoms with Crippen molar-refractivity contribution in [2.75, 3.05) is 19.8 Å². The van der Waals surface area contributed by atoms with Crippen molar-refractivity contribution in [3.8, 4) is 22.6 Å². The molecule has 2 aliphatic rings. The molecule has 0 amide bonds. The van der Waals surface area contributed by atoms with E-state index in [1.54, 1.807) is 30.3 Å². The van der Waals surface area contributed by atoms with Crippen molar-refractivity contribution in [1.82, 2.24) is 9.88 Å². The summed E-state index contributed by atoms with van der Waals surface area (Å²) in [7, 11) is 0. The summed E-state index contributed by atoms with van der Waals surface area (Å²) in [5.41, 5.74) is 4.29. The number of oxazole rings is 1. The molecule has 1 aliphatic heterocycles. The zero-order valence-electron chi connectivity index (χ0n) is 23.4. The molecule has 214 valence electrons. The summed E-state index contributed by atoms with van der Waals surface area (Å²) >= 11 is 0. The Hall–Kier alpha value is -3.91. The molecule has 1 saturated carbocycles.